The first-order valence-corrected chi connectivity index (χ1v) is 12.4. The Hall–Kier alpha value is -5.17. The summed E-state index contributed by atoms with van der Waals surface area (Å²) in [4.78, 5) is 25.6. The quantitative estimate of drug-likeness (QED) is 0.115. The number of fused-ring (bicyclic) bond motifs is 2. The molecule has 0 aliphatic carbocycles. The van der Waals surface area contributed by atoms with Crippen LogP contribution in [0.2, 0.25) is 0 Å². The number of rotatable bonds is 8. The van der Waals surface area contributed by atoms with Crippen LogP contribution < -0.4 is 19.6 Å². The minimum Gasteiger partial charge on any atom is -0.497 e. The van der Waals surface area contributed by atoms with Gasteiger partial charge in [-0.1, -0.05) is 66.7 Å². The van der Waals surface area contributed by atoms with Crippen molar-refractivity contribution in [2.75, 3.05) is 7.11 Å². The Bertz CT molecular complexity index is 1670. The van der Waals surface area contributed by atoms with Gasteiger partial charge >= 0.3 is 5.97 Å². The highest BCUT2D eigenvalue weighted by atomic mass is 16.5. The van der Waals surface area contributed by atoms with Crippen molar-refractivity contribution in [3.05, 3.63) is 114 Å². The number of carbonyl (C=O) groups excluding carboxylic acids is 2. The van der Waals surface area contributed by atoms with Gasteiger partial charge in [0.15, 0.2) is 6.10 Å². The largest absolute Gasteiger partial charge is 0.497 e. The number of nitrogens with zero attached hydrogens (tertiary/aromatic N) is 1. The molecule has 0 unspecified atom stereocenters. The van der Waals surface area contributed by atoms with Crippen molar-refractivity contribution < 1.29 is 23.8 Å². The number of hydrazone groups is 1. The first-order chi connectivity index (χ1) is 19.0. The molecule has 0 aromatic heterocycles. The molecule has 7 heteroatoms. The standard InChI is InChI=1S/C32H26N2O5/c1-21(38-29-13-7-10-22-8-4-6-12-27(22)29)31(35)34-33-20-28-26-11-5-3-9-23(26)16-19-30(28)39-32(36)24-14-17-25(37-2)18-15-24/h3-21H,1-2H3,(H,34,35)/b33-20-/t21-/m1/s1. The Kier molecular flexibility index (Phi) is 7.50. The van der Waals surface area contributed by atoms with Gasteiger partial charge in [0.25, 0.3) is 5.91 Å². The van der Waals surface area contributed by atoms with E-state index in [0.29, 0.717) is 28.4 Å². The summed E-state index contributed by atoms with van der Waals surface area (Å²) in [6.07, 6.45) is 0.675. The number of nitrogens with one attached hydrogen (secondary N) is 1. The molecule has 0 fully saturated rings. The van der Waals surface area contributed by atoms with Crippen LogP contribution in [0.15, 0.2) is 108 Å². The molecule has 39 heavy (non-hydrogen) atoms. The molecular weight excluding hydrogens is 492 g/mol. The van der Waals surface area contributed by atoms with Gasteiger partial charge in [-0.05, 0) is 59.5 Å². The SMILES string of the molecule is COc1ccc(C(=O)Oc2ccc3ccccc3c2/C=N\NC(=O)[C@@H](C)Oc2cccc3ccccc23)cc1. The first kappa shape index (κ1) is 25.5. The van der Waals surface area contributed by atoms with Gasteiger partial charge in [0, 0.05) is 10.9 Å². The summed E-state index contributed by atoms with van der Waals surface area (Å²) in [6.45, 7) is 1.66. The minimum absolute atomic E-state index is 0.313. The normalized spacial score (nSPS) is 11.8. The second-order valence-electron chi connectivity index (χ2n) is 8.79. The van der Waals surface area contributed by atoms with Crippen LogP contribution in [-0.2, 0) is 4.79 Å². The summed E-state index contributed by atoms with van der Waals surface area (Å²) in [7, 11) is 1.56. The summed E-state index contributed by atoms with van der Waals surface area (Å²) in [5.41, 5.74) is 3.47. The zero-order valence-electron chi connectivity index (χ0n) is 21.5. The molecule has 0 radical (unpaired) electrons. The fraction of sp³-hybridized carbons (Fsp3) is 0.0938. The predicted octanol–water partition coefficient (Wildman–Crippen LogP) is 6.14. The Morgan fingerprint density at radius 1 is 0.769 bits per heavy atom. The van der Waals surface area contributed by atoms with E-state index in [1.807, 2.05) is 72.8 Å². The smallest absolute Gasteiger partial charge is 0.343 e. The van der Waals surface area contributed by atoms with Crippen LogP contribution in [0.5, 0.6) is 17.2 Å². The van der Waals surface area contributed by atoms with Crippen LogP contribution in [0.25, 0.3) is 21.5 Å². The van der Waals surface area contributed by atoms with E-state index in [0.717, 1.165) is 21.5 Å². The summed E-state index contributed by atoms with van der Waals surface area (Å²) in [6, 6.07) is 31.4. The molecule has 0 aliphatic rings. The maximum absolute atomic E-state index is 12.8. The molecule has 0 aliphatic heterocycles. The predicted molar refractivity (Wildman–Crippen MR) is 152 cm³/mol. The van der Waals surface area contributed by atoms with Gasteiger partial charge in [-0.3, -0.25) is 4.79 Å². The fourth-order valence-corrected chi connectivity index (χ4v) is 4.18. The lowest BCUT2D eigenvalue weighted by molar-refractivity contribution is -0.127. The number of carbonyl (C=O) groups is 2. The molecule has 7 nitrogen and oxygen atoms in total. The van der Waals surface area contributed by atoms with Crippen molar-refractivity contribution in [2.45, 2.75) is 13.0 Å². The van der Waals surface area contributed by atoms with E-state index in [1.165, 1.54) is 6.21 Å². The molecule has 194 valence electrons. The molecule has 0 saturated heterocycles. The zero-order valence-corrected chi connectivity index (χ0v) is 21.5. The topological polar surface area (TPSA) is 86.2 Å². The molecule has 0 bridgehead atoms. The van der Waals surface area contributed by atoms with Crippen LogP contribution in [0, 0.1) is 0 Å². The van der Waals surface area contributed by atoms with Crippen molar-refractivity contribution in [3.63, 3.8) is 0 Å². The van der Waals surface area contributed by atoms with E-state index >= 15 is 0 Å². The second-order valence-corrected chi connectivity index (χ2v) is 8.79. The van der Waals surface area contributed by atoms with Crippen molar-refractivity contribution >= 4 is 39.6 Å². The van der Waals surface area contributed by atoms with Crippen molar-refractivity contribution in [1.29, 1.82) is 0 Å². The number of methoxy groups -OCH3 is 1. The lowest BCUT2D eigenvalue weighted by atomic mass is 10.0. The van der Waals surface area contributed by atoms with Gasteiger partial charge in [0.05, 0.1) is 18.9 Å². The Morgan fingerprint density at radius 3 is 2.18 bits per heavy atom. The average Bonchev–Trinajstić information content (AvgIpc) is 2.98. The minimum atomic E-state index is -0.798. The molecule has 5 aromatic carbocycles. The fourth-order valence-electron chi connectivity index (χ4n) is 4.18. The lowest BCUT2D eigenvalue weighted by Gasteiger charge is -2.15. The van der Waals surface area contributed by atoms with Gasteiger partial charge < -0.3 is 14.2 Å². The van der Waals surface area contributed by atoms with Gasteiger partial charge in [-0.2, -0.15) is 5.10 Å². The van der Waals surface area contributed by atoms with E-state index in [-0.39, 0.29) is 0 Å². The number of benzene rings is 5. The monoisotopic (exact) mass is 518 g/mol. The highest BCUT2D eigenvalue weighted by molar-refractivity contribution is 6.04. The molecule has 5 rings (SSSR count). The van der Waals surface area contributed by atoms with Gasteiger partial charge in [-0.25, -0.2) is 10.2 Å². The van der Waals surface area contributed by atoms with Crippen LogP contribution in [-0.4, -0.2) is 31.3 Å². The number of amides is 1. The number of esters is 1. The average molecular weight is 519 g/mol. The van der Waals surface area contributed by atoms with Gasteiger partial charge in [0.1, 0.15) is 17.2 Å². The number of ether oxygens (including phenoxy) is 3. The third kappa shape index (κ3) is 5.72. The maximum Gasteiger partial charge on any atom is 0.343 e. The molecule has 1 N–H and O–H groups in total. The van der Waals surface area contributed by atoms with E-state index < -0.39 is 18.0 Å². The molecule has 0 saturated carbocycles. The van der Waals surface area contributed by atoms with E-state index in [9.17, 15) is 9.59 Å². The summed E-state index contributed by atoms with van der Waals surface area (Å²) in [5.74, 6) is 0.619. The summed E-state index contributed by atoms with van der Waals surface area (Å²) in [5, 5.41) is 7.86. The summed E-state index contributed by atoms with van der Waals surface area (Å²) >= 11 is 0. The number of hydrogen-bond acceptors (Lipinski definition) is 6. The second kappa shape index (κ2) is 11.5. The molecular formula is C32H26N2O5. The van der Waals surface area contributed by atoms with Crippen LogP contribution in [0.4, 0.5) is 0 Å². The third-order valence-electron chi connectivity index (χ3n) is 6.25. The molecule has 0 heterocycles. The molecule has 5 aromatic rings. The lowest BCUT2D eigenvalue weighted by Crippen LogP contribution is -2.33. The maximum atomic E-state index is 12.8. The highest BCUT2D eigenvalue weighted by Gasteiger charge is 2.17. The van der Waals surface area contributed by atoms with Gasteiger partial charge in [-0.15, -0.1) is 0 Å². The Labute approximate surface area is 225 Å². The highest BCUT2D eigenvalue weighted by Crippen LogP contribution is 2.28. The molecule has 1 atom stereocenters. The van der Waals surface area contributed by atoms with E-state index in [4.69, 9.17) is 14.2 Å². The molecule has 0 spiro atoms. The van der Waals surface area contributed by atoms with Crippen molar-refractivity contribution in [2.24, 2.45) is 5.10 Å². The Balaban J connectivity index is 1.34. The zero-order chi connectivity index (χ0) is 27.2. The Morgan fingerprint density at radius 2 is 1.44 bits per heavy atom. The number of hydrogen-bond donors (Lipinski definition) is 1. The van der Waals surface area contributed by atoms with E-state index in [2.05, 4.69) is 10.5 Å². The third-order valence-corrected chi connectivity index (χ3v) is 6.25. The van der Waals surface area contributed by atoms with E-state index in [1.54, 1.807) is 44.4 Å². The van der Waals surface area contributed by atoms with Crippen molar-refractivity contribution in [3.8, 4) is 17.2 Å². The summed E-state index contributed by atoms with van der Waals surface area (Å²) < 4.78 is 16.8. The van der Waals surface area contributed by atoms with Crippen molar-refractivity contribution in [1.82, 2.24) is 5.43 Å². The van der Waals surface area contributed by atoms with Crippen LogP contribution >= 0.6 is 0 Å². The van der Waals surface area contributed by atoms with Crippen LogP contribution in [0.3, 0.4) is 0 Å². The first-order valence-electron chi connectivity index (χ1n) is 12.4. The van der Waals surface area contributed by atoms with Gasteiger partial charge in [0.2, 0.25) is 0 Å². The molecule has 1 amide bonds. The van der Waals surface area contributed by atoms with Crippen LogP contribution in [0.1, 0.15) is 22.8 Å².